The molecular formula is C34H31N5O5S. The zero-order valence-electron chi connectivity index (χ0n) is 24.8. The molecule has 2 aromatic heterocycles. The average Bonchev–Trinajstić information content (AvgIpc) is 3.43. The van der Waals surface area contributed by atoms with Crippen molar-refractivity contribution in [2.75, 3.05) is 18.5 Å². The molecule has 0 saturated heterocycles. The number of aryl methyl sites for hydroxylation is 2. The number of carbonyl (C=O) groups excluding carboxylic acids is 2. The molecule has 11 heteroatoms. The number of aromatic carboxylic acids is 1. The number of carboxylic acids is 1. The number of carbonyl (C=O) groups is 3. The molecule has 45 heavy (non-hydrogen) atoms. The van der Waals surface area contributed by atoms with Gasteiger partial charge in [0, 0.05) is 57.9 Å². The molecule has 0 fully saturated rings. The lowest BCUT2D eigenvalue weighted by Crippen LogP contribution is -2.26. The second-order valence-electron chi connectivity index (χ2n) is 10.6. The molecule has 1 aliphatic rings. The van der Waals surface area contributed by atoms with Crippen molar-refractivity contribution >= 4 is 34.8 Å². The van der Waals surface area contributed by atoms with Crippen molar-refractivity contribution in [3.63, 3.8) is 0 Å². The number of hydrogen-bond donors (Lipinski definition) is 4. The van der Waals surface area contributed by atoms with Gasteiger partial charge >= 0.3 is 5.97 Å². The summed E-state index contributed by atoms with van der Waals surface area (Å²) in [7, 11) is 0. The van der Waals surface area contributed by atoms with Crippen LogP contribution in [0.25, 0.3) is 21.6 Å². The number of anilines is 1. The van der Waals surface area contributed by atoms with Gasteiger partial charge in [0.1, 0.15) is 11.4 Å². The summed E-state index contributed by atoms with van der Waals surface area (Å²) in [4.78, 5) is 44.6. The van der Waals surface area contributed by atoms with Crippen LogP contribution in [0.5, 0.6) is 5.75 Å². The standard InChI is InChI=1S/C34H31N5O5S/c1-18(16-35)6-9-37-33(41)27-5-4-23(30(38-27)34(42)43)24-15-28-26(31-22(7-10-44-28)8-11-45-31)14-25(24)32(40)39-29-19(2)12-21(17-36)13-20(29)3/h4-5,8,11-15H,1,6-7,9-10,17,36H2,2-3H3,(H,37,41)(H,39,40)(H,42,43). The molecule has 5 rings (SSSR count). The molecule has 0 radical (unpaired) electrons. The first-order valence-corrected chi connectivity index (χ1v) is 15.1. The van der Waals surface area contributed by atoms with Crippen LogP contribution in [0.3, 0.4) is 0 Å². The number of pyridine rings is 1. The molecule has 1 aliphatic heterocycles. The van der Waals surface area contributed by atoms with Crippen LogP contribution in [0.15, 0.2) is 60.0 Å². The second-order valence-corrected chi connectivity index (χ2v) is 11.6. The minimum absolute atomic E-state index is 0.120. The number of nitrogens with two attached hydrogens (primary N) is 1. The van der Waals surface area contributed by atoms with Crippen molar-refractivity contribution in [1.29, 1.82) is 5.26 Å². The smallest absolute Gasteiger partial charge is 0.355 e. The molecule has 0 aliphatic carbocycles. The van der Waals surface area contributed by atoms with Gasteiger partial charge in [-0.2, -0.15) is 5.26 Å². The maximum Gasteiger partial charge on any atom is 0.355 e. The molecule has 0 bridgehead atoms. The predicted octanol–water partition coefficient (Wildman–Crippen LogP) is 5.64. The Morgan fingerprint density at radius 2 is 1.84 bits per heavy atom. The van der Waals surface area contributed by atoms with Crippen molar-refractivity contribution in [1.82, 2.24) is 10.3 Å². The van der Waals surface area contributed by atoms with Crippen LogP contribution in [0.2, 0.25) is 0 Å². The number of carboxylic acid groups (broad SMARTS) is 1. The lowest BCUT2D eigenvalue weighted by Gasteiger charge is -2.18. The number of thiophene rings is 1. The van der Waals surface area contributed by atoms with Gasteiger partial charge in [-0.15, -0.1) is 11.3 Å². The van der Waals surface area contributed by atoms with Gasteiger partial charge in [0.2, 0.25) is 0 Å². The monoisotopic (exact) mass is 621 g/mol. The molecule has 2 aromatic carbocycles. The zero-order chi connectivity index (χ0) is 32.2. The number of hydrogen-bond acceptors (Lipinski definition) is 8. The highest BCUT2D eigenvalue weighted by atomic mass is 32.1. The van der Waals surface area contributed by atoms with Gasteiger partial charge in [0.05, 0.1) is 12.7 Å². The molecule has 0 unspecified atom stereocenters. The van der Waals surface area contributed by atoms with Gasteiger partial charge in [0.15, 0.2) is 5.69 Å². The summed E-state index contributed by atoms with van der Waals surface area (Å²) < 4.78 is 6.10. The molecule has 0 saturated carbocycles. The van der Waals surface area contributed by atoms with Crippen LogP contribution < -0.4 is 21.1 Å². The molecule has 2 amide bonds. The molecule has 0 spiro atoms. The number of ether oxygens (including phenoxy) is 1. The van der Waals surface area contributed by atoms with Crippen molar-refractivity contribution in [3.05, 3.63) is 99.2 Å². The zero-order valence-corrected chi connectivity index (χ0v) is 25.6. The van der Waals surface area contributed by atoms with Crippen LogP contribution >= 0.6 is 11.3 Å². The molecule has 10 nitrogen and oxygen atoms in total. The first-order chi connectivity index (χ1) is 21.6. The maximum atomic E-state index is 14.1. The summed E-state index contributed by atoms with van der Waals surface area (Å²) in [5.74, 6) is -1.91. The third-order valence-corrected chi connectivity index (χ3v) is 8.53. The van der Waals surface area contributed by atoms with Crippen LogP contribution in [-0.2, 0) is 13.0 Å². The Bertz CT molecular complexity index is 1880. The number of aromatic nitrogens is 1. The summed E-state index contributed by atoms with van der Waals surface area (Å²) in [6.45, 7) is 8.27. The molecule has 3 heterocycles. The Morgan fingerprint density at radius 1 is 1.09 bits per heavy atom. The van der Waals surface area contributed by atoms with Crippen LogP contribution in [0.4, 0.5) is 5.69 Å². The van der Waals surface area contributed by atoms with Crippen molar-refractivity contribution in [3.8, 4) is 33.4 Å². The van der Waals surface area contributed by atoms with Crippen LogP contribution in [0, 0.1) is 25.2 Å². The number of nitrogens with one attached hydrogen (secondary N) is 2. The van der Waals surface area contributed by atoms with Gasteiger partial charge in [0.25, 0.3) is 11.8 Å². The number of benzene rings is 2. The fraction of sp³-hybridized carbons (Fsp3) is 0.206. The quantitative estimate of drug-likeness (QED) is 0.174. The second kappa shape index (κ2) is 13.1. The largest absolute Gasteiger partial charge is 0.493 e. The number of fused-ring (bicyclic) bond motifs is 3. The topological polar surface area (TPSA) is 167 Å². The fourth-order valence-corrected chi connectivity index (χ4v) is 6.29. The minimum atomic E-state index is -1.37. The minimum Gasteiger partial charge on any atom is -0.493 e. The van der Waals surface area contributed by atoms with E-state index in [9.17, 15) is 19.5 Å². The van der Waals surface area contributed by atoms with Gasteiger partial charge in [-0.25, -0.2) is 9.78 Å². The maximum absolute atomic E-state index is 14.1. The van der Waals surface area contributed by atoms with Crippen LogP contribution in [-0.4, -0.2) is 41.0 Å². The third-order valence-electron chi connectivity index (χ3n) is 7.54. The van der Waals surface area contributed by atoms with Crippen LogP contribution in [0.1, 0.15) is 60.0 Å². The summed E-state index contributed by atoms with van der Waals surface area (Å²) in [5.41, 5.74) is 11.4. The number of nitriles is 1. The highest BCUT2D eigenvalue weighted by Gasteiger charge is 2.27. The Labute approximate surface area is 264 Å². The van der Waals surface area contributed by atoms with E-state index in [1.165, 1.54) is 12.1 Å². The molecular weight excluding hydrogens is 590 g/mol. The fourth-order valence-electron chi connectivity index (χ4n) is 5.32. The molecule has 228 valence electrons. The van der Waals surface area contributed by atoms with E-state index >= 15 is 0 Å². The Balaban J connectivity index is 1.62. The first kappa shape index (κ1) is 31.1. The van der Waals surface area contributed by atoms with Crippen molar-refractivity contribution in [2.24, 2.45) is 5.73 Å². The summed E-state index contributed by atoms with van der Waals surface area (Å²) >= 11 is 1.54. The third kappa shape index (κ3) is 6.47. The van der Waals surface area contributed by atoms with E-state index in [1.807, 2.05) is 43.5 Å². The van der Waals surface area contributed by atoms with Crippen molar-refractivity contribution < 1.29 is 24.2 Å². The van der Waals surface area contributed by atoms with Gasteiger partial charge < -0.3 is 26.2 Å². The highest BCUT2D eigenvalue weighted by molar-refractivity contribution is 7.13. The van der Waals surface area contributed by atoms with Gasteiger partial charge in [-0.3, -0.25) is 9.59 Å². The Kier molecular flexibility index (Phi) is 9.08. The normalized spacial score (nSPS) is 11.7. The number of nitrogens with zero attached hydrogens (tertiary/aromatic N) is 2. The van der Waals surface area contributed by atoms with Gasteiger partial charge in [-0.1, -0.05) is 18.7 Å². The summed E-state index contributed by atoms with van der Waals surface area (Å²) in [6, 6.07) is 14.1. The Morgan fingerprint density at radius 3 is 2.53 bits per heavy atom. The van der Waals surface area contributed by atoms with E-state index in [0.29, 0.717) is 42.1 Å². The SMILES string of the molecule is C=C(C#N)CCNC(=O)c1ccc(-c2cc3c(cc2C(=O)Nc2c(C)cc(CN)cc2C)-c2sccc2CCO3)c(C(=O)O)n1. The summed E-state index contributed by atoms with van der Waals surface area (Å²) in [5, 5.41) is 26.7. The van der Waals surface area contributed by atoms with E-state index < -0.39 is 23.5 Å². The van der Waals surface area contributed by atoms with Crippen molar-refractivity contribution in [2.45, 2.75) is 33.2 Å². The van der Waals surface area contributed by atoms with Gasteiger partial charge in [-0.05, 0) is 78.2 Å². The number of rotatable bonds is 9. The predicted molar refractivity (Wildman–Crippen MR) is 173 cm³/mol. The van der Waals surface area contributed by atoms with E-state index in [2.05, 4.69) is 22.2 Å². The first-order valence-electron chi connectivity index (χ1n) is 14.2. The highest BCUT2D eigenvalue weighted by Crippen LogP contribution is 2.43. The average molecular weight is 622 g/mol. The van der Waals surface area contributed by atoms with E-state index in [-0.39, 0.29) is 29.8 Å². The number of amides is 2. The summed E-state index contributed by atoms with van der Waals surface area (Å²) in [6.07, 6.45) is 0.934. The molecule has 5 N–H and O–H groups in total. The molecule has 0 atom stereocenters. The lowest BCUT2D eigenvalue weighted by atomic mass is 9.93. The van der Waals surface area contributed by atoms with E-state index in [0.717, 1.165) is 32.7 Å². The lowest BCUT2D eigenvalue weighted by molar-refractivity contribution is 0.0691. The van der Waals surface area contributed by atoms with E-state index in [4.69, 9.17) is 15.7 Å². The van der Waals surface area contributed by atoms with E-state index in [1.54, 1.807) is 23.5 Å². The Hall–Kier alpha value is -5.31. The molecule has 4 aromatic rings.